The fraction of sp³-hybridized carbons (Fsp3) is 0.619. The Hall–Kier alpha value is -1.22. The van der Waals surface area contributed by atoms with Gasteiger partial charge in [0.15, 0.2) is 0 Å². The molecule has 0 saturated heterocycles. The van der Waals surface area contributed by atoms with E-state index in [4.69, 9.17) is 0 Å². The summed E-state index contributed by atoms with van der Waals surface area (Å²) in [5.74, 6) is 10.2. The first-order valence-electron chi connectivity index (χ1n) is 8.61. The quantitative estimate of drug-likeness (QED) is 0.561. The van der Waals surface area contributed by atoms with Crippen LogP contribution in [0.5, 0.6) is 0 Å². The minimum atomic E-state index is 0.528. The zero-order valence-corrected chi connectivity index (χ0v) is 14.2. The largest absolute Gasteiger partial charge is 0.0953 e. The topological polar surface area (TPSA) is 0 Å². The van der Waals surface area contributed by atoms with Crippen LogP contribution in [0, 0.1) is 41.4 Å². The predicted molar refractivity (Wildman–Crippen MR) is 92.8 cm³/mol. The molecule has 0 amide bonds. The van der Waals surface area contributed by atoms with Gasteiger partial charge in [-0.1, -0.05) is 58.3 Å². The Balaban J connectivity index is 1.80. The van der Waals surface area contributed by atoms with Crippen LogP contribution in [-0.4, -0.2) is 0 Å². The molecule has 2 rings (SSSR count). The normalized spacial score (nSPS) is 29.9. The van der Waals surface area contributed by atoms with E-state index in [1.807, 2.05) is 0 Å². The average molecular weight is 282 g/mol. The zero-order valence-electron chi connectivity index (χ0n) is 14.2. The standard InChI is InChI=1S/C21H30/c1-6-10-20-17(4)18(5)21(20)12-9-7-8-11-15(2)16(3)19-13-14-19/h7,9-10,15-16,18-19,21H,4,6,12-14H2,1-3,5H3. The lowest BCUT2D eigenvalue weighted by atomic mass is 9.65. The number of allylic oxidation sites excluding steroid dienone is 5. The van der Waals surface area contributed by atoms with Gasteiger partial charge in [-0.3, -0.25) is 0 Å². The van der Waals surface area contributed by atoms with Crippen molar-refractivity contribution in [3.8, 4) is 11.8 Å². The third kappa shape index (κ3) is 3.91. The van der Waals surface area contributed by atoms with E-state index in [0.717, 1.165) is 24.7 Å². The molecule has 0 aliphatic heterocycles. The second-order valence-electron chi connectivity index (χ2n) is 6.90. The van der Waals surface area contributed by atoms with Crippen LogP contribution in [0.25, 0.3) is 0 Å². The molecule has 0 spiro atoms. The first-order chi connectivity index (χ1) is 10.1. The van der Waals surface area contributed by atoms with Gasteiger partial charge >= 0.3 is 0 Å². The van der Waals surface area contributed by atoms with E-state index in [9.17, 15) is 0 Å². The van der Waals surface area contributed by atoms with Crippen molar-refractivity contribution in [3.63, 3.8) is 0 Å². The van der Waals surface area contributed by atoms with Gasteiger partial charge in [0, 0.05) is 5.92 Å². The van der Waals surface area contributed by atoms with Gasteiger partial charge in [-0.05, 0) is 66.6 Å². The number of hydrogen-bond donors (Lipinski definition) is 0. The Labute approximate surface area is 131 Å². The van der Waals surface area contributed by atoms with E-state index in [-0.39, 0.29) is 0 Å². The van der Waals surface area contributed by atoms with Crippen molar-refractivity contribution in [2.45, 2.75) is 53.4 Å². The van der Waals surface area contributed by atoms with Crippen molar-refractivity contribution in [3.05, 3.63) is 36.0 Å². The van der Waals surface area contributed by atoms with Crippen LogP contribution in [-0.2, 0) is 0 Å². The van der Waals surface area contributed by atoms with E-state index in [1.54, 1.807) is 0 Å². The van der Waals surface area contributed by atoms with E-state index >= 15 is 0 Å². The molecule has 114 valence electrons. The molecule has 0 radical (unpaired) electrons. The highest BCUT2D eigenvalue weighted by molar-refractivity contribution is 5.44. The van der Waals surface area contributed by atoms with Crippen LogP contribution < -0.4 is 0 Å². The summed E-state index contributed by atoms with van der Waals surface area (Å²) in [5, 5.41) is 0. The summed E-state index contributed by atoms with van der Waals surface area (Å²) in [7, 11) is 0. The van der Waals surface area contributed by atoms with Crippen LogP contribution in [0.2, 0.25) is 0 Å². The van der Waals surface area contributed by atoms with Crippen molar-refractivity contribution >= 4 is 0 Å². The Morgan fingerprint density at radius 3 is 2.67 bits per heavy atom. The lowest BCUT2D eigenvalue weighted by Crippen LogP contribution is -2.29. The maximum Gasteiger partial charge on any atom is 0.0206 e. The second-order valence-corrected chi connectivity index (χ2v) is 6.90. The number of hydrogen-bond acceptors (Lipinski definition) is 0. The van der Waals surface area contributed by atoms with E-state index < -0.39 is 0 Å². The molecule has 0 aromatic heterocycles. The lowest BCUT2D eigenvalue weighted by molar-refractivity contribution is 0.397. The van der Waals surface area contributed by atoms with Gasteiger partial charge in [0.05, 0.1) is 0 Å². The van der Waals surface area contributed by atoms with Gasteiger partial charge in [-0.25, -0.2) is 0 Å². The molecule has 0 nitrogen and oxygen atoms in total. The van der Waals surface area contributed by atoms with Crippen molar-refractivity contribution in [2.75, 3.05) is 0 Å². The maximum atomic E-state index is 4.18. The molecular formula is C21H30. The van der Waals surface area contributed by atoms with E-state index in [2.05, 4.69) is 64.3 Å². The van der Waals surface area contributed by atoms with E-state index in [0.29, 0.717) is 17.8 Å². The fourth-order valence-corrected chi connectivity index (χ4v) is 3.37. The van der Waals surface area contributed by atoms with Gasteiger partial charge in [0.1, 0.15) is 0 Å². The van der Waals surface area contributed by atoms with Gasteiger partial charge < -0.3 is 0 Å². The molecule has 0 bridgehead atoms. The SMILES string of the molecule is C=C1C(=CCC)C(CC=CC#CC(C)C(C)C2CC2)C1C. The highest BCUT2D eigenvalue weighted by Gasteiger charge is 2.34. The average Bonchev–Trinajstić information content (AvgIpc) is 3.32. The number of rotatable bonds is 5. The Bertz CT molecular complexity index is 490. The summed E-state index contributed by atoms with van der Waals surface area (Å²) in [4.78, 5) is 0. The molecule has 0 aromatic rings. The molecule has 4 unspecified atom stereocenters. The van der Waals surface area contributed by atoms with Gasteiger partial charge in [-0.15, -0.1) is 0 Å². The molecule has 2 aliphatic rings. The van der Waals surface area contributed by atoms with Crippen molar-refractivity contribution in [2.24, 2.45) is 29.6 Å². The van der Waals surface area contributed by atoms with Crippen molar-refractivity contribution in [1.82, 2.24) is 0 Å². The minimum absolute atomic E-state index is 0.528. The van der Waals surface area contributed by atoms with Crippen LogP contribution in [0.1, 0.15) is 53.4 Å². The molecule has 21 heavy (non-hydrogen) atoms. The Kier molecular flexibility index (Phi) is 5.51. The Morgan fingerprint density at radius 1 is 1.33 bits per heavy atom. The summed E-state index contributed by atoms with van der Waals surface area (Å²) in [6, 6.07) is 0. The molecule has 2 aliphatic carbocycles. The minimum Gasteiger partial charge on any atom is -0.0953 e. The molecule has 0 aromatic carbocycles. The van der Waals surface area contributed by atoms with Crippen LogP contribution in [0.4, 0.5) is 0 Å². The smallest absolute Gasteiger partial charge is 0.0206 e. The summed E-state index contributed by atoms with van der Waals surface area (Å²) in [5.41, 5.74) is 2.83. The molecular weight excluding hydrogens is 252 g/mol. The summed E-state index contributed by atoms with van der Waals surface area (Å²) in [6.45, 7) is 13.3. The monoisotopic (exact) mass is 282 g/mol. The predicted octanol–water partition coefficient (Wildman–Crippen LogP) is 5.78. The molecule has 0 heteroatoms. The van der Waals surface area contributed by atoms with Gasteiger partial charge in [0.2, 0.25) is 0 Å². The maximum absolute atomic E-state index is 4.18. The fourth-order valence-electron chi connectivity index (χ4n) is 3.37. The highest BCUT2D eigenvalue weighted by Crippen LogP contribution is 2.46. The third-order valence-corrected chi connectivity index (χ3v) is 5.40. The first kappa shape index (κ1) is 16.2. The van der Waals surface area contributed by atoms with Crippen LogP contribution in [0.3, 0.4) is 0 Å². The molecule has 2 fully saturated rings. The summed E-state index contributed by atoms with van der Waals surface area (Å²) >= 11 is 0. The first-order valence-corrected chi connectivity index (χ1v) is 8.61. The van der Waals surface area contributed by atoms with Crippen LogP contribution in [0.15, 0.2) is 36.0 Å². The van der Waals surface area contributed by atoms with Gasteiger partial charge in [0.25, 0.3) is 0 Å². The van der Waals surface area contributed by atoms with Crippen molar-refractivity contribution in [1.29, 1.82) is 0 Å². The van der Waals surface area contributed by atoms with Crippen molar-refractivity contribution < 1.29 is 0 Å². The third-order valence-electron chi connectivity index (χ3n) is 5.40. The molecule has 0 N–H and O–H groups in total. The molecule has 4 atom stereocenters. The van der Waals surface area contributed by atoms with E-state index in [1.165, 1.54) is 24.0 Å². The molecule has 2 saturated carbocycles. The summed E-state index contributed by atoms with van der Waals surface area (Å²) in [6.07, 6.45) is 11.7. The second kappa shape index (κ2) is 7.17. The Morgan fingerprint density at radius 2 is 2.05 bits per heavy atom. The lowest BCUT2D eigenvalue weighted by Gasteiger charge is -2.40. The highest BCUT2D eigenvalue weighted by atomic mass is 14.4. The zero-order chi connectivity index (χ0) is 15.4. The summed E-state index contributed by atoms with van der Waals surface area (Å²) < 4.78 is 0. The van der Waals surface area contributed by atoms with Crippen LogP contribution >= 0.6 is 0 Å². The van der Waals surface area contributed by atoms with Gasteiger partial charge in [-0.2, -0.15) is 0 Å². The molecule has 0 heterocycles.